The number of carbonyl (C=O) groups excluding carboxylic acids is 1. The fourth-order valence-electron chi connectivity index (χ4n) is 3.75. The molecule has 4 heteroatoms. The Hall–Kier alpha value is -0.870. The lowest BCUT2D eigenvalue weighted by Crippen LogP contribution is -2.47. The van der Waals surface area contributed by atoms with Gasteiger partial charge >= 0.3 is 0 Å². The highest BCUT2D eigenvalue weighted by molar-refractivity contribution is 7.09. The fraction of sp³-hybridized carbons (Fsp3) is 0.688. The van der Waals surface area contributed by atoms with E-state index in [9.17, 15) is 4.79 Å². The van der Waals surface area contributed by atoms with Crippen molar-refractivity contribution in [2.45, 2.75) is 50.6 Å². The van der Waals surface area contributed by atoms with Crippen molar-refractivity contribution >= 4 is 17.2 Å². The lowest BCUT2D eigenvalue weighted by Gasteiger charge is -2.33. The Bertz CT molecular complexity index is 445. The van der Waals surface area contributed by atoms with E-state index >= 15 is 0 Å². The topological polar surface area (TPSA) is 23.6 Å². The van der Waals surface area contributed by atoms with E-state index in [1.165, 1.54) is 37.1 Å². The van der Waals surface area contributed by atoms with Gasteiger partial charge in [0.1, 0.15) is 0 Å². The van der Waals surface area contributed by atoms with E-state index in [0.717, 1.165) is 13.0 Å². The molecule has 0 aliphatic carbocycles. The lowest BCUT2D eigenvalue weighted by molar-refractivity contribution is -0.132. The van der Waals surface area contributed by atoms with Crippen LogP contribution in [0, 0.1) is 0 Å². The third-order valence-electron chi connectivity index (χ3n) is 4.81. The summed E-state index contributed by atoms with van der Waals surface area (Å²) in [6.07, 6.45) is 6.50. The van der Waals surface area contributed by atoms with Crippen LogP contribution in [0.5, 0.6) is 0 Å². The highest BCUT2D eigenvalue weighted by atomic mass is 32.1. The molecule has 110 valence electrons. The number of hydrogen-bond acceptors (Lipinski definition) is 3. The normalized spacial score (nSPS) is 27.4. The molecular formula is C16H24N2OS. The summed E-state index contributed by atoms with van der Waals surface area (Å²) in [6, 6.07) is 5.27. The maximum Gasteiger partial charge on any atom is 0.223 e. The molecule has 0 radical (unpaired) electrons. The van der Waals surface area contributed by atoms with E-state index in [2.05, 4.69) is 34.4 Å². The van der Waals surface area contributed by atoms with E-state index in [1.54, 1.807) is 11.3 Å². The molecule has 2 aliphatic heterocycles. The van der Waals surface area contributed by atoms with Crippen LogP contribution in [0.15, 0.2) is 17.5 Å². The second kappa shape index (κ2) is 6.27. The zero-order valence-electron chi connectivity index (χ0n) is 12.3. The molecule has 20 heavy (non-hydrogen) atoms. The summed E-state index contributed by atoms with van der Waals surface area (Å²) >= 11 is 1.75. The van der Waals surface area contributed by atoms with Crippen molar-refractivity contribution in [2.24, 2.45) is 0 Å². The summed E-state index contributed by atoms with van der Waals surface area (Å²) in [4.78, 5) is 18.5. The Kier molecular flexibility index (Phi) is 4.41. The van der Waals surface area contributed by atoms with E-state index in [-0.39, 0.29) is 0 Å². The average Bonchev–Trinajstić information content (AvgIpc) is 3.16. The fourth-order valence-corrected chi connectivity index (χ4v) is 4.46. The molecule has 0 N–H and O–H groups in total. The van der Waals surface area contributed by atoms with Gasteiger partial charge in [-0.25, -0.2) is 0 Å². The zero-order chi connectivity index (χ0) is 13.9. The Morgan fingerprint density at radius 1 is 1.30 bits per heavy atom. The van der Waals surface area contributed by atoms with Crippen molar-refractivity contribution in [2.75, 3.05) is 20.1 Å². The van der Waals surface area contributed by atoms with Crippen LogP contribution in [0.4, 0.5) is 0 Å². The van der Waals surface area contributed by atoms with Gasteiger partial charge < -0.3 is 9.80 Å². The van der Waals surface area contributed by atoms with Crippen LogP contribution in [0.1, 0.15) is 37.0 Å². The number of nitrogens with zero attached hydrogens (tertiary/aromatic N) is 2. The zero-order valence-corrected chi connectivity index (χ0v) is 13.1. The second-order valence-electron chi connectivity index (χ2n) is 6.07. The molecule has 2 fully saturated rings. The monoisotopic (exact) mass is 292 g/mol. The van der Waals surface area contributed by atoms with Crippen molar-refractivity contribution < 1.29 is 4.79 Å². The average molecular weight is 292 g/mol. The third kappa shape index (κ3) is 2.91. The molecule has 3 heterocycles. The van der Waals surface area contributed by atoms with Crippen LogP contribution in [-0.2, 0) is 11.2 Å². The Morgan fingerprint density at radius 3 is 2.80 bits per heavy atom. The first kappa shape index (κ1) is 14.1. The molecule has 1 aromatic heterocycles. The van der Waals surface area contributed by atoms with Crippen LogP contribution in [0.25, 0.3) is 0 Å². The highest BCUT2D eigenvalue weighted by Gasteiger charge is 2.37. The van der Waals surface area contributed by atoms with Gasteiger partial charge in [-0.3, -0.25) is 4.79 Å². The SMILES string of the molecule is CN1CCC[C@@H]1[C@@H]1CCCN1C(=O)CCc1cccs1. The number of rotatable bonds is 4. The van der Waals surface area contributed by atoms with Gasteiger partial charge in [0.2, 0.25) is 5.91 Å². The number of likely N-dealkylation sites (tertiary alicyclic amines) is 2. The number of amides is 1. The summed E-state index contributed by atoms with van der Waals surface area (Å²) in [5.74, 6) is 0.362. The predicted octanol–water partition coefficient (Wildman–Crippen LogP) is 2.77. The van der Waals surface area contributed by atoms with Crippen molar-refractivity contribution in [3.05, 3.63) is 22.4 Å². The molecule has 1 amide bonds. The molecular weight excluding hydrogens is 268 g/mol. The van der Waals surface area contributed by atoms with E-state index in [1.807, 2.05) is 0 Å². The van der Waals surface area contributed by atoms with Crippen molar-refractivity contribution in [1.82, 2.24) is 9.80 Å². The minimum Gasteiger partial charge on any atom is -0.338 e. The summed E-state index contributed by atoms with van der Waals surface area (Å²) < 4.78 is 0. The molecule has 3 rings (SSSR count). The summed E-state index contributed by atoms with van der Waals surface area (Å²) in [6.45, 7) is 2.16. The van der Waals surface area contributed by atoms with Crippen LogP contribution < -0.4 is 0 Å². The summed E-state index contributed by atoms with van der Waals surface area (Å²) in [5.41, 5.74) is 0. The van der Waals surface area contributed by atoms with E-state index < -0.39 is 0 Å². The first-order chi connectivity index (χ1) is 9.75. The van der Waals surface area contributed by atoms with Gasteiger partial charge in [0, 0.05) is 29.9 Å². The van der Waals surface area contributed by atoms with Crippen molar-refractivity contribution in [1.29, 1.82) is 0 Å². The van der Waals surface area contributed by atoms with Gasteiger partial charge in [-0.1, -0.05) is 6.07 Å². The number of carbonyl (C=O) groups is 1. The molecule has 0 unspecified atom stereocenters. The molecule has 2 aliphatic rings. The molecule has 0 bridgehead atoms. The lowest BCUT2D eigenvalue weighted by atomic mass is 10.0. The van der Waals surface area contributed by atoms with Crippen LogP contribution in [0.2, 0.25) is 0 Å². The smallest absolute Gasteiger partial charge is 0.223 e. The maximum absolute atomic E-state index is 12.5. The number of aryl methyl sites for hydroxylation is 1. The highest BCUT2D eigenvalue weighted by Crippen LogP contribution is 2.29. The Balaban J connectivity index is 1.58. The van der Waals surface area contributed by atoms with Crippen molar-refractivity contribution in [3.63, 3.8) is 0 Å². The molecule has 2 saturated heterocycles. The van der Waals surface area contributed by atoms with Gasteiger partial charge in [0.25, 0.3) is 0 Å². The van der Waals surface area contributed by atoms with Gasteiger partial charge in [-0.15, -0.1) is 11.3 Å². The Labute approximate surface area is 125 Å². The van der Waals surface area contributed by atoms with Crippen LogP contribution >= 0.6 is 11.3 Å². The molecule has 0 spiro atoms. The maximum atomic E-state index is 12.5. The minimum atomic E-state index is 0.362. The van der Waals surface area contributed by atoms with Crippen molar-refractivity contribution in [3.8, 4) is 0 Å². The molecule has 2 atom stereocenters. The Morgan fingerprint density at radius 2 is 2.10 bits per heavy atom. The van der Waals surface area contributed by atoms with E-state index in [4.69, 9.17) is 0 Å². The van der Waals surface area contributed by atoms with Crippen LogP contribution in [-0.4, -0.2) is 47.9 Å². The van der Waals surface area contributed by atoms with E-state index in [0.29, 0.717) is 24.4 Å². The molecule has 1 aromatic rings. The largest absolute Gasteiger partial charge is 0.338 e. The summed E-state index contributed by atoms with van der Waals surface area (Å²) in [5, 5.41) is 2.09. The third-order valence-corrected chi connectivity index (χ3v) is 5.74. The van der Waals surface area contributed by atoms with Crippen LogP contribution in [0.3, 0.4) is 0 Å². The van der Waals surface area contributed by atoms with Gasteiger partial charge in [0.15, 0.2) is 0 Å². The first-order valence-electron chi connectivity index (χ1n) is 7.78. The number of hydrogen-bond donors (Lipinski definition) is 0. The van der Waals surface area contributed by atoms with Gasteiger partial charge in [-0.05, 0) is 57.1 Å². The molecule has 0 aromatic carbocycles. The summed E-state index contributed by atoms with van der Waals surface area (Å²) in [7, 11) is 2.21. The molecule has 0 saturated carbocycles. The first-order valence-corrected chi connectivity index (χ1v) is 8.66. The minimum absolute atomic E-state index is 0.362. The second-order valence-corrected chi connectivity index (χ2v) is 7.10. The standard InChI is InChI=1S/C16H24N2OS/c1-17-10-2-6-14(17)15-7-3-11-18(15)16(19)9-8-13-5-4-12-20-13/h4-5,12,14-15H,2-3,6-11H2,1H3/t14-,15+/m1/s1. The number of thiophene rings is 1. The molecule has 3 nitrogen and oxygen atoms in total. The van der Waals surface area contributed by atoms with Gasteiger partial charge in [-0.2, -0.15) is 0 Å². The predicted molar refractivity (Wildman–Crippen MR) is 83.0 cm³/mol. The van der Waals surface area contributed by atoms with Gasteiger partial charge in [0.05, 0.1) is 0 Å². The number of likely N-dealkylation sites (N-methyl/N-ethyl adjacent to an activating group) is 1. The quantitative estimate of drug-likeness (QED) is 0.852.